The first-order valence-corrected chi connectivity index (χ1v) is 18.1. The van der Waals surface area contributed by atoms with Crippen LogP contribution in [-0.4, -0.2) is 35.7 Å². The van der Waals surface area contributed by atoms with Crippen LogP contribution in [0.15, 0.2) is 0 Å². The highest BCUT2D eigenvalue weighted by atomic mass is 35.9. The average molecular weight is 424 g/mol. The fraction of sp³-hybridized carbons (Fsp3) is 1.00. The molecule has 0 aromatic rings. The van der Waals surface area contributed by atoms with E-state index in [9.17, 15) is 0 Å². The minimum atomic E-state index is -3.23. The molecule has 1 aliphatic rings. The highest BCUT2D eigenvalue weighted by molar-refractivity contribution is 8.07. The summed E-state index contributed by atoms with van der Waals surface area (Å²) in [7, 11) is -2.41. The van der Waals surface area contributed by atoms with Crippen molar-refractivity contribution < 1.29 is 4.43 Å². The number of hydrogen-bond donors (Lipinski definition) is 0. The van der Waals surface area contributed by atoms with Crippen LogP contribution in [0.1, 0.15) is 0 Å². The Hall–Kier alpha value is 2.93. The Kier molecular flexibility index (Phi) is 5.87. The fourth-order valence-electron chi connectivity index (χ4n) is 1.06. The first kappa shape index (κ1) is 16.0. The number of hydrogen-bond acceptors (Lipinski definition) is 1. The highest BCUT2D eigenvalue weighted by Crippen LogP contribution is 2.47. The van der Waals surface area contributed by atoms with E-state index in [0.717, 1.165) is 0 Å². The average Bonchev–Trinajstić information content (AvgIpc) is 2.09. The Bertz CT molecular complexity index is 248. The Morgan fingerprint density at radius 3 is 2.00 bits per heavy atom. The topological polar surface area (TPSA) is 9.23 Å². The predicted octanol–water partition coefficient (Wildman–Crippen LogP) is 3.79. The molecule has 0 saturated carbocycles. The number of alkyl halides is 3. The normalized spacial score (nSPS) is 48.0. The molecule has 1 fully saturated rings. The Labute approximate surface area is 129 Å². The summed E-state index contributed by atoms with van der Waals surface area (Å²) >= 11 is 48.1. The molecular formula is C3H4Cl8OSi3. The molecule has 5 atom stereocenters. The summed E-state index contributed by atoms with van der Waals surface area (Å²) in [4.78, 5) is 0. The van der Waals surface area contributed by atoms with Gasteiger partial charge in [0.2, 0.25) is 0 Å². The van der Waals surface area contributed by atoms with Gasteiger partial charge in [-0.15, -0.1) is 67.5 Å². The van der Waals surface area contributed by atoms with Crippen molar-refractivity contribution in [3.8, 4) is 0 Å². The molecule has 15 heavy (non-hydrogen) atoms. The Morgan fingerprint density at radius 1 is 1.13 bits per heavy atom. The summed E-state index contributed by atoms with van der Waals surface area (Å²) in [5.41, 5.74) is -4.00. The molecule has 0 amide bonds. The molecule has 1 nitrogen and oxygen atoms in total. The van der Waals surface area contributed by atoms with Crippen LogP contribution in [-0.2, 0) is 4.43 Å². The van der Waals surface area contributed by atoms with Crippen molar-refractivity contribution >= 4 is 110 Å². The largest absolute Gasteiger partial charge is 0.389 e. The second-order valence-electron chi connectivity index (χ2n) is 2.92. The van der Waals surface area contributed by atoms with Crippen molar-refractivity contribution in [2.24, 2.45) is 0 Å². The van der Waals surface area contributed by atoms with Crippen LogP contribution >= 0.6 is 90.2 Å². The van der Waals surface area contributed by atoms with Crippen LogP contribution in [0.25, 0.3) is 0 Å². The van der Waals surface area contributed by atoms with Gasteiger partial charge in [0.05, 0.1) is 10.4 Å². The van der Waals surface area contributed by atoms with E-state index in [1.807, 2.05) is 0 Å². The third-order valence-corrected chi connectivity index (χ3v) is 49.8. The van der Waals surface area contributed by atoms with Gasteiger partial charge in [0.25, 0.3) is 14.3 Å². The quantitative estimate of drug-likeness (QED) is 0.354. The van der Waals surface area contributed by atoms with Gasteiger partial charge in [0.1, 0.15) is 5.56 Å². The molecule has 1 aliphatic heterocycles. The SMILES string of the molecule is ClC1O[SiH](Cl)[Si](Cl)([Si](Cl)(Cl)Cl)C(Cl)C1Cl. The minimum Gasteiger partial charge on any atom is -0.389 e. The van der Waals surface area contributed by atoms with Gasteiger partial charge in [-0.05, 0) is 0 Å². The molecule has 5 unspecified atom stereocenters. The lowest BCUT2D eigenvalue weighted by molar-refractivity contribution is 0.288. The Morgan fingerprint density at radius 2 is 1.60 bits per heavy atom. The molecule has 1 rings (SSSR count). The van der Waals surface area contributed by atoms with Gasteiger partial charge in [0, 0.05) is 0 Å². The zero-order chi connectivity index (χ0) is 12.0. The molecule has 0 bridgehead atoms. The molecular weight excluding hydrogens is 420 g/mol. The van der Waals surface area contributed by atoms with E-state index in [1.165, 1.54) is 0 Å². The van der Waals surface area contributed by atoms with E-state index in [1.54, 1.807) is 0 Å². The molecule has 0 radical (unpaired) electrons. The van der Waals surface area contributed by atoms with Crippen molar-refractivity contribution in [3.05, 3.63) is 0 Å². The summed E-state index contributed by atoms with van der Waals surface area (Å²) in [5, 5.41) is -1.38. The van der Waals surface area contributed by atoms with Crippen molar-refractivity contribution in [3.63, 3.8) is 0 Å². The van der Waals surface area contributed by atoms with Crippen molar-refractivity contribution in [1.82, 2.24) is 0 Å². The van der Waals surface area contributed by atoms with Crippen LogP contribution in [0.3, 0.4) is 0 Å². The van der Waals surface area contributed by atoms with Crippen molar-refractivity contribution in [2.45, 2.75) is 15.9 Å². The van der Waals surface area contributed by atoms with Gasteiger partial charge in [-0.1, -0.05) is 11.6 Å². The van der Waals surface area contributed by atoms with E-state index in [-0.39, 0.29) is 0 Å². The maximum absolute atomic E-state index is 6.35. The smallest absolute Gasteiger partial charge is 0.344 e. The van der Waals surface area contributed by atoms with Crippen LogP contribution in [0.2, 0.25) is 0 Å². The first-order chi connectivity index (χ1) is 6.62. The molecule has 0 spiro atoms. The van der Waals surface area contributed by atoms with Crippen LogP contribution in [0, 0.1) is 0 Å². The molecule has 0 N–H and O–H groups in total. The molecule has 0 aliphatic carbocycles. The van der Waals surface area contributed by atoms with Crippen molar-refractivity contribution in [1.29, 1.82) is 0 Å². The van der Waals surface area contributed by atoms with Crippen molar-refractivity contribution in [2.75, 3.05) is 0 Å². The number of halogens is 8. The Balaban J connectivity index is 3.07. The molecule has 0 aromatic heterocycles. The number of rotatable bonds is 1. The van der Waals surface area contributed by atoms with Crippen LogP contribution < -0.4 is 0 Å². The van der Waals surface area contributed by atoms with Gasteiger partial charge >= 0.3 is 5.52 Å². The lowest BCUT2D eigenvalue weighted by Crippen LogP contribution is -2.72. The lowest BCUT2D eigenvalue weighted by atomic mass is 10.5. The predicted molar refractivity (Wildman–Crippen MR) is 77.9 cm³/mol. The van der Waals surface area contributed by atoms with E-state index in [2.05, 4.69) is 0 Å². The summed E-state index contributed by atoms with van der Waals surface area (Å²) in [6.07, 6.45) is -3.01. The summed E-state index contributed by atoms with van der Waals surface area (Å²) < 4.78 is 5.28. The van der Waals surface area contributed by atoms with Crippen LogP contribution in [0.4, 0.5) is 0 Å². The zero-order valence-corrected chi connectivity index (χ0v) is 15.9. The molecule has 1 saturated heterocycles. The zero-order valence-electron chi connectivity index (χ0n) is 6.74. The van der Waals surface area contributed by atoms with E-state index < -0.39 is 35.7 Å². The van der Waals surface area contributed by atoms with Gasteiger partial charge in [-0.3, -0.25) is 0 Å². The molecule has 90 valence electrons. The maximum atomic E-state index is 6.35. The van der Waals surface area contributed by atoms with Gasteiger partial charge < -0.3 is 4.43 Å². The van der Waals surface area contributed by atoms with Crippen LogP contribution in [0.5, 0.6) is 0 Å². The standard InChI is InChI=1S/C3H4Cl8OSi3/c4-1-2(5)12-13(7)14(8,3(1)6)15(9,10)11/h1-3,13H. The lowest BCUT2D eigenvalue weighted by Gasteiger charge is -2.43. The molecule has 1 heterocycles. The molecule has 12 heteroatoms. The second kappa shape index (κ2) is 5.51. The van der Waals surface area contributed by atoms with Gasteiger partial charge in [-0.25, -0.2) is 0 Å². The molecule has 0 aromatic carbocycles. The second-order valence-corrected chi connectivity index (χ2v) is 35.4. The van der Waals surface area contributed by atoms with Gasteiger partial charge in [0.15, 0.2) is 0 Å². The summed E-state index contributed by atoms with van der Waals surface area (Å²) in [5.74, 6) is 0. The third-order valence-electron chi connectivity index (χ3n) is 1.95. The third kappa shape index (κ3) is 2.92. The van der Waals surface area contributed by atoms with E-state index >= 15 is 0 Å². The monoisotopic (exact) mass is 420 g/mol. The first-order valence-electron chi connectivity index (χ1n) is 3.59. The van der Waals surface area contributed by atoms with E-state index in [4.69, 9.17) is 94.6 Å². The fourth-order valence-corrected chi connectivity index (χ4v) is 40.7. The van der Waals surface area contributed by atoms with E-state index in [0.29, 0.717) is 0 Å². The summed E-state index contributed by atoms with van der Waals surface area (Å²) in [6.45, 7) is 0. The summed E-state index contributed by atoms with van der Waals surface area (Å²) in [6, 6.07) is 0. The highest BCUT2D eigenvalue weighted by Gasteiger charge is 2.69. The van der Waals surface area contributed by atoms with Gasteiger partial charge in [-0.2, -0.15) is 11.1 Å². The maximum Gasteiger partial charge on any atom is 0.344 e. The minimum absolute atomic E-state index is 0.689.